The summed E-state index contributed by atoms with van der Waals surface area (Å²) in [5.41, 5.74) is 6.35. The van der Waals surface area contributed by atoms with Crippen molar-refractivity contribution in [3.8, 4) is 0 Å². The molecule has 10 nitrogen and oxygen atoms in total. The molecule has 10 heteroatoms. The van der Waals surface area contributed by atoms with Crippen LogP contribution >= 0.6 is 0 Å². The lowest BCUT2D eigenvalue weighted by molar-refractivity contribution is -0.0820. The van der Waals surface area contributed by atoms with Crippen molar-refractivity contribution in [2.45, 2.75) is 97.1 Å². The van der Waals surface area contributed by atoms with E-state index in [2.05, 4.69) is 5.32 Å². The van der Waals surface area contributed by atoms with Crippen molar-refractivity contribution in [1.82, 2.24) is 15.1 Å². The van der Waals surface area contributed by atoms with Crippen LogP contribution < -0.4 is 11.1 Å². The van der Waals surface area contributed by atoms with Gasteiger partial charge in [0.1, 0.15) is 17.8 Å². The average molecular weight is 559 g/mol. The Morgan fingerprint density at radius 3 is 1.70 bits per heavy atom. The second-order valence-corrected chi connectivity index (χ2v) is 14.2. The molecule has 2 spiro atoms. The van der Waals surface area contributed by atoms with Crippen molar-refractivity contribution in [2.75, 3.05) is 26.2 Å². The first-order chi connectivity index (χ1) is 18.5. The van der Waals surface area contributed by atoms with Gasteiger partial charge in [-0.3, -0.25) is 0 Å². The summed E-state index contributed by atoms with van der Waals surface area (Å²) in [6.07, 6.45) is 3.07. The van der Waals surface area contributed by atoms with Crippen LogP contribution in [0.3, 0.4) is 0 Å². The number of ether oxygens (including phenoxy) is 3. The second-order valence-electron chi connectivity index (χ2n) is 14.2. The van der Waals surface area contributed by atoms with Gasteiger partial charge in [-0.1, -0.05) is 30.3 Å². The van der Waals surface area contributed by atoms with Gasteiger partial charge in [-0.05, 0) is 72.8 Å². The first-order valence-electron chi connectivity index (χ1n) is 14.2. The average Bonchev–Trinajstić information content (AvgIpc) is 2.73. The van der Waals surface area contributed by atoms with Gasteiger partial charge >= 0.3 is 18.3 Å². The molecule has 0 radical (unpaired) electrons. The maximum absolute atomic E-state index is 12.0. The number of rotatable bonds is 3. The van der Waals surface area contributed by atoms with Crippen LogP contribution in [0, 0.1) is 10.8 Å². The van der Waals surface area contributed by atoms with Gasteiger partial charge in [0.15, 0.2) is 0 Å². The summed E-state index contributed by atoms with van der Waals surface area (Å²) in [6, 6.07) is 10.1. The normalized spacial score (nSPS) is 21.1. The summed E-state index contributed by atoms with van der Waals surface area (Å²) < 4.78 is 15.9. The molecular weight excluding hydrogens is 512 g/mol. The van der Waals surface area contributed by atoms with Gasteiger partial charge in [-0.15, -0.1) is 0 Å². The molecule has 2 aliphatic heterocycles. The number of hydrogen-bond donors (Lipinski definition) is 2. The zero-order valence-corrected chi connectivity index (χ0v) is 24.8. The Morgan fingerprint density at radius 2 is 1.27 bits per heavy atom. The monoisotopic (exact) mass is 558 g/mol. The van der Waals surface area contributed by atoms with E-state index < -0.39 is 11.2 Å². The smallest absolute Gasteiger partial charge is 0.410 e. The van der Waals surface area contributed by atoms with Gasteiger partial charge in [-0.2, -0.15) is 0 Å². The summed E-state index contributed by atoms with van der Waals surface area (Å²) >= 11 is 0. The molecule has 0 atom stereocenters. The first kappa shape index (κ1) is 30.0. The van der Waals surface area contributed by atoms with Crippen LogP contribution in [0.15, 0.2) is 30.3 Å². The van der Waals surface area contributed by atoms with Crippen molar-refractivity contribution in [3.63, 3.8) is 0 Å². The van der Waals surface area contributed by atoms with Gasteiger partial charge in [0, 0.05) is 49.1 Å². The van der Waals surface area contributed by atoms with Gasteiger partial charge < -0.3 is 35.1 Å². The molecule has 3 amide bonds. The molecule has 1 aromatic rings. The van der Waals surface area contributed by atoms with Crippen LogP contribution in [0.5, 0.6) is 0 Å². The first-order valence-corrected chi connectivity index (χ1v) is 14.2. The highest BCUT2D eigenvalue weighted by Crippen LogP contribution is 2.49. The number of likely N-dealkylation sites (tertiary alicyclic amines) is 2. The van der Waals surface area contributed by atoms with Crippen molar-refractivity contribution >= 4 is 18.3 Å². The Bertz CT molecular complexity index is 1050. The lowest BCUT2D eigenvalue weighted by atomic mass is 9.61. The molecule has 2 aliphatic carbocycles. The van der Waals surface area contributed by atoms with Crippen LogP contribution in [0.1, 0.15) is 72.8 Å². The molecule has 1 aromatic carbocycles. The largest absolute Gasteiger partial charge is 0.445 e. The summed E-state index contributed by atoms with van der Waals surface area (Å²) in [5, 5.41) is 2.90. The number of carbonyl (C=O) groups excluding carboxylic acids is 3. The fourth-order valence-corrected chi connectivity index (χ4v) is 6.03. The second kappa shape index (κ2) is 11.1. The number of benzene rings is 1. The SMILES string of the molecule is CC(C)(C)OC(=O)N1CC2(CC(N)C2)C1.CC(C)(C)OC(=O)N1CC2(CC(NC(=O)OCc3ccccc3)C2)C1. The van der Waals surface area contributed by atoms with E-state index in [9.17, 15) is 14.4 Å². The van der Waals surface area contributed by atoms with Crippen LogP contribution in [0.25, 0.3) is 0 Å². The third kappa shape index (κ3) is 7.80. The van der Waals surface area contributed by atoms with E-state index in [1.54, 1.807) is 9.80 Å². The number of nitrogens with zero attached hydrogens (tertiary/aromatic N) is 2. The summed E-state index contributed by atoms with van der Waals surface area (Å²) in [7, 11) is 0. The molecular formula is C30H46N4O6. The van der Waals surface area contributed by atoms with Crippen LogP contribution in [0.4, 0.5) is 14.4 Å². The number of nitrogens with one attached hydrogen (secondary N) is 1. The van der Waals surface area contributed by atoms with Crippen LogP contribution in [-0.2, 0) is 20.8 Å². The van der Waals surface area contributed by atoms with Crippen molar-refractivity contribution in [1.29, 1.82) is 0 Å². The van der Waals surface area contributed by atoms with E-state index in [0.717, 1.165) is 44.3 Å². The van der Waals surface area contributed by atoms with E-state index in [-0.39, 0.29) is 36.3 Å². The minimum Gasteiger partial charge on any atom is -0.445 e. The zero-order valence-electron chi connectivity index (χ0n) is 24.8. The van der Waals surface area contributed by atoms with E-state index in [4.69, 9.17) is 19.9 Å². The summed E-state index contributed by atoms with van der Waals surface area (Å²) in [4.78, 5) is 38.9. The van der Waals surface area contributed by atoms with Gasteiger partial charge in [0.05, 0.1) is 0 Å². The molecule has 40 heavy (non-hydrogen) atoms. The lowest BCUT2D eigenvalue weighted by Gasteiger charge is -2.58. The standard InChI is InChI=1S/C19H26N2O4.C11H20N2O2/c1-18(2,3)25-17(23)21-12-19(13-21)9-15(10-19)20-16(22)24-11-14-7-5-4-6-8-14;1-10(2,3)15-9(14)13-6-11(7-13)4-8(12)5-11/h4-8,15H,9-13H2,1-3H3,(H,20,22);8H,4-7,12H2,1-3H3. The van der Waals surface area contributed by atoms with E-state index in [1.807, 2.05) is 71.9 Å². The molecule has 0 unspecified atom stereocenters. The molecule has 222 valence electrons. The summed E-state index contributed by atoms with van der Waals surface area (Å²) in [6.45, 7) is 14.6. The Balaban J connectivity index is 0.000000210. The molecule has 4 aliphatic rings. The van der Waals surface area contributed by atoms with Crippen LogP contribution in [-0.4, -0.2) is 77.5 Å². The maximum Gasteiger partial charge on any atom is 0.410 e. The number of nitrogens with two attached hydrogens (primary N) is 1. The Hall–Kier alpha value is -3.01. The Kier molecular flexibility index (Phi) is 8.32. The Labute approximate surface area is 237 Å². The fourth-order valence-electron chi connectivity index (χ4n) is 6.03. The van der Waals surface area contributed by atoms with Crippen molar-refractivity contribution in [3.05, 3.63) is 35.9 Å². The number of carbonyl (C=O) groups is 3. The Morgan fingerprint density at radius 1 is 0.825 bits per heavy atom. The molecule has 3 N–H and O–H groups in total. The number of amides is 3. The number of alkyl carbamates (subject to hydrolysis) is 1. The van der Waals surface area contributed by atoms with E-state index in [0.29, 0.717) is 24.5 Å². The predicted molar refractivity (Wildman–Crippen MR) is 150 cm³/mol. The molecule has 5 rings (SSSR count). The van der Waals surface area contributed by atoms with Crippen molar-refractivity contribution in [2.24, 2.45) is 16.6 Å². The van der Waals surface area contributed by atoms with E-state index in [1.165, 1.54) is 0 Å². The zero-order chi connectivity index (χ0) is 29.3. The third-order valence-electron chi connectivity index (χ3n) is 7.69. The highest BCUT2D eigenvalue weighted by molar-refractivity contribution is 5.70. The van der Waals surface area contributed by atoms with E-state index >= 15 is 0 Å². The predicted octanol–water partition coefficient (Wildman–Crippen LogP) is 4.66. The molecule has 2 heterocycles. The van der Waals surface area contributed by atoms with Crippen molar-refractivity contribution < 1.29 is 28.6 Å². The highest BCUT2D eigenvalue weighted by Gasteiger charge is 2.55. The quantitative estimate of drug-likeness (QED) is 0.517. The third-order valence-corrected chi connectivity index (χ3v) is 7.69. The maximum atomic E-state index is 12.0. The minimum absolute atomic E-state index is 0.129. The van der Waals surface area contributed by atoms with Gasteiger partial charge in [0.2, 0.25) is 0 Å². The number of hydrogen-bond acceptors (Lipinski definition) is 7. The molecule has 0 aromatic heterocycles. The van der Waals surface area contributed by atoms with Gasteiger partial charge in [0.25, 0.3) is 0 Å². The molecule has 0 bridgehead atoms. The lowest BCUT2D eigenvalue weighted by Crippen LogP contribution is -2.67. The molecule has 2 saturated carbocycles. The van der Waals surface area contributed by atoms with Gasteiger partial charge in [-0.25, -0.2) is 14.4 Å². The fraction of sp³-hybridized carbons (Fsp3) is 0.700. The minimum atomic E-state index is -0.466. The summed E-state index contributed by atoms with van der Waals surface area (Å²) in [5.74, 6) is 0. The van der Waals surface area contributed by atoms with Crippen LogP contribution in [0.2, 0.25) is 0 Å². The molecule has 4 fully saturated rings. The topological polar surface area (TPSA) is 123 Å². The molecule has 2 saturated heterocycles. The highest BCUT2D eigenvalue weighted by atomic mass is 16.6.